The molecular weight excluding hydrogens is 524 g/mol. The van der Waals surface area contributed by atoms with Gasteiger partial charge in [0.15, 0.2) is 5.13 Å². The number of fused-ring (bicyclic) bond motifs is 2. The van der Waals surface area contributed by atoms with Crippen LogP contribution < -0.4 is 10.2 Å². The molecule has 0 saturated carbocycles. The molecule has 1 aromatic carbocycles. The first-order valence-electron chi connectivity index (χ1n) is 11.5. The van der Waals surface area contributed by atoms with E-state index < -0.39 is 11.0 Å². The zero-order valence-electron chi connectivity index (χ0n) is 20.6. The Morgan fingerprint density at radius 1 is 1.28 bits per heavy atom. The monoisotopic (exact) mass is 552 g/mol. The molecule has 194 valence electrons. The number of anilines is 2. The largest absolute Gasteiger partial charge is 0.460 e. The Morgan fingerprint density at radius 2 is 2.06 bits per heavy atom. The van der Waals surface area contributed by atoms with Gasteiger partial charge < -0.3 is 14.4 Å². The van der Waals surface area contributed by atoms with Crippen molar-refractivity contribution < 1.29 is 23.9 Å². The van der Waals surface area contributed by atoms with Crippen LogP contribution in [0.2, 0.25) is 5.02 Å². The number of halogens is 1. The molecule has 0 aliphatic carbocycles. The number of thioether (sulfide) groups is 1. The molecule has 1 aromatic heterocycles. The third-order valence-electron chi connectivity index (χ3n) is 5.98. The Labute approximate surface area is 223 Å². The number of amides is 3. The number of methoxy groups -OCH3 is 1. The molecule has 2 aliphatic rings. The number of nitrogens with zero attached hydrogens (tertiary/aromatic N) is 3. The summed E-state index contributed by atoms with van der Waals surface area (Å²) in [6, 6.07) is 5.18. The van der Waals surface area contributed by atoms with Gasteiger partial charge in [0.2, 0.25) is 0 Å². The predicted octanol–water partition coefficient (Wildman–Crippen LogP) is 5.38. The number of benzene rings is 1. The van der Waals surface area contributed by atoms with Crippen LogP contribution in [0.15, 0.2) is 28.6 Å². The highest BCUT2D eigenvalue weighted by Crippen LogP contribution is 2.47. The summed E-state index contributed by atoms with van der Waals surface area (Å²) >= 11 is 9.14. The van der Waals surface area contributed by atoms with Crippen LogP contribution in [-0.4, -0.2) is 66.1 Å². The lowest BCUT2D eigenvalue weighted by Crippen LogP contribution is -2.41. The maximum absolute atomic E-state index is 13.3. The third kappa shape index (κ3) is 5.90. The molecule has 1 N–H and O–H groups in total. The average Bonchev–Trinajstić information content (AvgIpc) is 3.51. The van der Waals surface area contributed by atoms with Crippen LogP contribution in [-0.2, 0) is 19.7 Å². The lowest BCUT2D eigenvalue weighted by molar-refractivity contribution is -0.154. The van der Waals surface area contributed by atoms with Gasteiger partial charge in [-0.05, 0) is 51.0 Å². The molecule has 0 radical (unpaired) electrons. The van der Waals surface area contributed by atoms with E-state index in [4.69, 9.17) is 21.1 Å². The Balaban J connectivity index is 1.40. The van der Waals surface area contributed by atoms with Gasteiger partial charge in [-0.1, -0.05) is 22.9 Å². The van der Waals surface area contributed by atoms with Crippen molar-refractivity contribution in [1.82, 2.24) is 9.88 Å². The Morgan fingerprint density at radius 3 is 2.78 bits per heavy atom. The summed E-state index contributed by atoms with van der Waals surface area (Å²) in [6.07, 6.45) is 2.30. The molecule has 1 unspecified atom stereocenters. The van der Waals surface area contributed by atoms with E-state index in [9.17, 15) is 14.4 Å². The lowest BCUT2D eigenvalue weighted by atomic mass is 9.81. The van der Waals surface area contributed by atoms with Crippen molar-refractivity contribution in [3.63, 3.8) is 0 Å². The minimum Gasteiger partial charge on any atom is -0.460 e. The maximum Gasteiger partial charge on any atom is 0.409 e. The second-order valence-corrected chi connectivity index (χ2v) is 12.6. The lowest BCUT2D eigenvalue weighted by Gasteiger charge is -2.25. The topological polar surface area (TPSA) is 101 Å². The highest BCUT2D eigenvalue weighted by atomic mass is 35.5. The van der Waals surface area contributed by atoms with Gasteiger partial charge in [0.05, 0.1) is 23.9 Å². The van der Waals surface area contributed by atoms with E-state index in [1.54, 1.807) is 22.1 Å². The number of ether oxygens (including phenoxy) is 2. The van der Waals surface area contributed by atoms with Crippen LogP contribution >= 0.6 is 34.7 Å². The number of carbonyl (C=O) groups excluding carboxylic acids is 3. The van der Waals surface area contributed by atoms with Gasteiger partial charge >= 0.3 is 18.1 Å². The summed E-state index contributed by atoms with van der Waals surface area (Å²) in [5, 5.41) is 3.95. The van der Waals surface area contributed by atoms with Gasteiger partial charge in [0, 0.05) is 41.5 Å². The first kappa shape index (κ1) is 26.6. The quantitative estimate of drug-likeness (QED) is 0.392. The van der Waals surface area contributed by atoms with E-state index in [1.807, 2.05) is 32.9 Å². The van der Waals surface area contributed by atoms with Crippen molar-refractivity contribution in [2.75, 3.05) is 42.7 Å². The van der Waals surface area contributed by atoms with Crippen LogP contribution in [0.1, 0.15) is 39.2 Å². The smallest absolute Gasteiger partial charge is 0.409 e. The van der Waals surface area contributed by atoms with Gasteiger partial charge in [-0.3, -0.25) is 15.0 Å². The number of likely N-dealkylation sites (tertiary alicyclic amines) is 1. The Hall–Kier alpha value is -2.50. The van der Waals surface area contributed by atoms with Crippen molar-refractivity contribution in [2.24, 2.45) is 0 Å². The molecule has 36 heavy (non-hydrogen) atoms. The van der Waals surface area contributed by atoms with Crippen molar-refractivity contribution in [2.45, 2.75) is 48.8 Å². The van der Waals surface area contributed by atoms with Gasteiger partial charge in [0.1, 0.15) is 5.60 Å². The average molecular weight is 553 g/mol. The van der Waals surface area contributed by atoms with E-state index >= 15 is 0 Å². The number of urea groups is 1. The number of aromatic nitrogens is 1. The summed E-state index contributed by atoms with van der Waals surface area (Å²) in [4.78, 5) is 45.0. The van der Waals surface area contributed by atoms with Crippen molar-refractivity contribution in [3.8, 4) is 0 Å². The molecule has 1 atom stereocenters. The number of rotatable bonds is 5. The van der Waals surface area contributed by atoms with Gasteiger partial charge in [-0.25, -0.2) is 14.6 Å². The zero-order chi connectivity index (χ0) is 26.1. The third-order valence-corrected chi connectivity index (χ3v) is 8.33. The molecular formula is C24H29ClN4O5S2. The molecule has 3 heterocycles. The summed E-state index contributed by atoms with van der Waals surface area (Å²) < 4.78 is 11.1. The number of thiazole rings is 1. The number of esters is 1. The first-order chi connectivity index (χ1) is 17.0. The molecule has 12 heteroatoms. The van der Waals surface area contributed by atoms with Crippen LogP contribution in [0.4, 0.5) is 20.4 Å². The highest BCUT2D eigenvalue weighted by molar-refractivity contribution is 8.01. The Kier molecular flexibility index (Phi) is 7.72. The predicted molar refractivity (Wildman–Crippen MR) is 141 cm³/mol. The first-order valence-corrected chi connectivity index (χ1v) is 13.7. The van der Waals surface area contributed by atoms with Gasteiger partial charge in [-0.15, -0.1) is 11.8 Å². The second-order valence-electron chi connectivity index (χ2n) is 9.77. The summed E-state index contributed by atoms with van der Waals surface area (Å²) in [5.74, 6) is 0.316. The van der Waals surface area contributed by atoms with Gasteiger partial charge in [-0.2, -0.15) is 0 Å². The minimum absolute atomic E-state index is 0.243. The van der Waals surface area contributed by atoms with Crippen LogP contribution in [0.5, 0.6) is 0 Å². The molecule has 1 saturated heterocycles. The molecule has 0 bridgehead atoms. The standard InChI is InChI=1S/C24H29ClN4O5S2/c1-23(2,3)34-18(30)7-10-35-19-12-26-20(36-19)27-21(31)29-14-24(8-9-28(13-24)22(32)33-4)16-11-15(25)5-6-17(16)29/h5-6,11-12H,7-10,13-14H2,1-4H3,(H,26,27,31). The fourth-order valence-corrected chi connectivity index (χ4v) is 6.53. The van der Waals surface area contributed by atoms with Crippen molar-refractivity contribution in [3.05, 3.63) is 35.0 Å². The second kappa shape index (κ2) is 10.5. The van der Waals surface area contributed by atoms with E-state index in [0.717, 1.165) is 15.5 Å². The van der Waals surface area contributed by atoms with Crippen LogP contribution in [0.25, 0.3) is 0 Å². The molecule has 1 spiro atoms. The number of nitrogens with one attached hydrogen (secondary N) is 1. The van der Waals surface area contributed by atoms with Crippen LogP contribution in [0, 0.1) is 0 Å². The maximum atomic E-state index is 13.3. The zero-order valence-corrected chi connectivity index (χ0v) is 23.0. The van der Waals surface area contributed by atoms with E-state index in [0.29, 0.717) is 48.4 Å². The van der Waals surface area contributed by atoms with E-state index in [-0.39, 0.29) is 18.1 Å². The fraction of sp³-hybridized carbons (Fsp3) is 0.500. The molecule has 1 fully saturated rings. The molecule has 4 rings (SSSR count). The highest BCUT2D eigenvalue weighted by Gasteiger charge is 2.50. The SMILES string of the molecule is COC(=O)N1CCC2(C1)CN(C(=O)Nc1ncc(SCCC(=O)OC(C)(C)C)s1)c1ccc(Cl)cc12. The minimum atomic E-state index is -0.502. The fourth-order valence-electron chi connectivity index (χ4n) is 4.50. The summed E-state index contributed by atoms with van der Waals surface area (Å²) in [7, 11) is 1.37. The summed E-state index contributed by atoms with van der Waals surface area (Å²) in [5.41, 5.74) is 0.816. The molecule has 2 aromatic rings. The number of hydrogen-bond acceptors (Lipinski definition) is 8. The Bertz CT molecular complexity index is 1170. The molecule has 9 nitrogen and oxygen atoms in total. The molecule has 3 amide bonds. The molecule has 2 aliphatic heterocycles. The van der Waals surface area contributed by atoms with Crippen molar-refractivity contribution in [1.29, 1.82) is 0 Å². The van der Waals surface area contributed by atoms with Crippen LogP contribution in [0.3, 0.4) is 0 Å². The number of hydrogen-bond donors (Lipinski definition) is 1. The number of carbonyl (C=O) groups is 3. The van der Waals surface area contributed by atoms with Crippen molar-refractivity contribution >= 4 is 63.6 Å². The van der Waals surface area contributed by atoms with E-state index in [1.165, 1.54) is 30.2 Å². The van der Waals surface area contributed by atoms with E-state index in [2.05, 4.69) is 10.3 Å². The summed E-state index contributed by atoms with van der Waals surface area (Å²) in [6.45, 7) is 6.94. The normalized spacial score (nSPS) is 18.9. The van der Waals surface area contributed by atoms with Gasteiger partial charge in [0.25, 0.3) is 0 Å².